The van der Waals surface area contributed by atoms with Gasteiger partial charge in [-0.2, -0.15) is 0 Å². The molecule has 0 bridgehead atoms. The molecular formula is C10H20O3. The van der Waals surface area contributed by atoms with E-state index in [2.05, 4.69) is 4.74 Å². The van der Waals surface area contributed by atoms with Crippen molar-refractivity contribution in [3.8, 4) is 0 Å². The zero-order valence-electron chi connectivity index (χ0n) is 8.96. The molecular weight excluding hydrogens is 168 g/mol. The van der Waals surface area contributed by atoms with Crippen molar-refractivity contribution in [2.24, 2.45) is 5.92 Å². The van der Waals surface area contributed by atoms with Crippen LogP contribution in [0, 0.1) is 5.92 Å². The van der Waals surface area contributed by atoms with E-state index in [0.717, 1.165) is 6.42 Å². The fourth-order valence-corrected chi connectivity index (χ4v) is 1.42. The van der Waals surface area contributed by atoms with Crippen LogP contribution in [0.15, 0.2) is 0 Å². The summed E-state index contributed by atoms with van der Waals surface area (Å²) in [5, 5.41) is 9.49. The maximum atomic E-state index is 10.8. The van der Waals surface area contributed by atoms with E-state index >= 15 is 0 Å². The van der Waals surface area contributed by atoms with Gasteiger partial charge < -0.3 is 9.84 Å². The molecule has 0 aromatic carbocycles. The summed E-state index contributed by atoms with van der Waals surface area (Å²) in [4.78, 5) is 10.8. The molecule has 0 aliphatic rings. The van der Waals surface area contributed by atoms with Crippen LogP contribution in [0.2, 0.25) is 0 Å². The van der Waals surface area contributed by atoms with Crippen molar-refractivity contribution in [2.75, 3.05) is 7.11 Å². The Hall–Kier alpha value is -0.570. The maximum Gasteiger partial charge on any atom is 0.305 e. The van der Waals surface area contributed by atoms with Crippen molar-refractivity contribution >= 4 is 5.97 Å². The Kier molecular flexibility index (Phi) is 4.99. The van der Waals surface area contributed by atoms with Crippen LogP contribution in [0.4, 0.5) is 0 Å². The molecule has 0 spiro atoms. The highest BCUT2D eigenvalue weighted by molar-refractivity contribution is 5.69. The third-order valence-corrected chi connectivity index (χ3v) is 1.92. The Morgan fingerprint density at radius 2 is 2.08 bits per heavy atom. The molecule has 0 aromatic rings. The molecule has 3 heteroatoms. The van der Waals surface area contributed by atoms with Gasteiger partial charge in [0, 0.05) is 6.42 Å². The van der Waals surface area contributed by atoms with E-state index in [4.69, 9.17) is 0 Å². The highest BCUT2D eigenvalue weighted by Crippen LogP contribution is 2.19. The average molecular weight is 188 g/mol. The van der Waals surface area contributed by atoms with Crippen molar-refractivity contribution in [3.05, 3.63) is 0 Å². The second-order valence-corrected chi connectivity index (χ2v) is 4.24. The van der Waals surface area contributed by atoms with E-state index in [-0.39, 0.29) is 5.97 Å². The lowest BCUT2D eigenvalue weighted by Gasteiger charge is -2.21. The lowest BCUT2D eigenvalue weighted by molar-refractivity contribution is -0.141. The van der Waals surface area contributed by atoms with E-state index in [1.54, 1.807) is 13.8 Å². The van der Waals surface area contributed by atoms with Crippen molar-refractivity contribution < 1.29 is 14.6 Å². The first kappa shape index (κ1) is 12.4. The minimum atomic E-state index is -0.643. The van der Waals surface area contributed by atoms with Crippen molar-refractivity contribution in [1.82, 2.24) is 0 Å². The third-order valence-electron chi connectivity index (χ3n) is 1.92. The number of ether oxygens (including phenoxy) is 1. The number of rotatable bonds is 5. The molecule has 0 rings (SSSR count). The largest absolute Gasteiger partial charge is 0.469 e. The first-order chi connectivity index (χ1) is 5.85. The van der Waals surface area contributed by atoms with Gasteiger partial charge in [0.2, 0.25) is 0 Å². The summed E-state index contributed by atoms with van der Waals surface area (Å²) in [5.41, 5.74) is -0.643. The van der Waals surface area contributed by atoms with Gasteiger partial charge in [0.05, 0.1) is 12.7 Å². The first-order valence-corrected chi connectivity index (χ1v) is 4.64. The molecule has 0 heterocycles. The van der Waals surface area contributed by atoms with Crippen molar-refractivity contribution in [2.45, 2.75) is 45.6 Å². The Morgan fingerprint density at radius 3 is 2.46 bits per heavy atom. The lowest BCUT2D eigenvalue weighted by atomic mass is 9.92. The third kappa shape index (κ3) is 7.78. The van der Waals surface area contributed by atoms with Crippen LogP contribution >= 0.6 is 0 Å². The Balaban J connectivity index is 3.63. The molecule has 0 fully saturated rings. The van der Waals surface area contributed by atoms with Crippen LogP contribution in [0.1, 0.15) is 40.0 Å². The predicted molar refractivity (Wildman–Crippen MR) is 51.3 cm³/mol. The quantitative estimate of drug-likeness (QED) is 0.668. The van der Waals surface area contributed by atoms with Crippen LogP contribution < -0.4 is 0 Å². The van der Waals surface area contributed by atoms with Gasteiger partial charge in [0.15, 0.2) is 0 Å². The summed E-state index contributed by atoms with van der Waals surface area (Å²) in [6, 6.07) is 0. The van der Waals surface area contributed by atoms with Gasteiger partial charge in [-0.15, -0.1) is 0 Å². The number of methoxy groups -OCH3 is 1. The fraction of sp³-hybridized carbons (Fsp3) is 0.900. The Morgan fingerprint density at radius 1 is 1.54 bits per heavy atom. The summed E-state index contributed by atoms with van der Waals surface area (Å²) in [5.74, 6) is 0.168. The standard InChI is InChI=1S/C10H20O3/c1-8(7-10(2,3)12)5-6-9(11)13-4/h8,12H,5-7H2,1-4H3/t8-/m1/s1. The van der Waals surface area contributed by atoms with Gasteiger partial charge in [-0.3, -0.25) is 4.79 Å². The summed E-state index contributed by atoms with van der Waals surface area (Å²) in [7, 11) is 1.39. The van der Waals surface area contributed by atoms with Crippen LogP contribution in [0.5, 0.6) is 0 Å². The topological polar surface area (TPSA) is 46.5 Å². The summed E-state index contributed by atoms with van der Waals surface area (Å²) in [6.07, 6.45) is 1.93. The monoisotopic (exact) mass is 188 g/mol. The van der Waals surface area contributed by atoms with E-state index in [1.807, 2.05) is 6.92 Å². The van der Waals surface area contributed by atoms with E-state index in [0.29, 0.717) is 18.8 Å². The smallest absolute Gasteiger partial charge is 0.305 e. The molecule has 1 atom stereocenters. The molecule has 3 nitrogen and oxygen atoms in total. The van der Waals surface area contributed by atoms with Gasteiger partial charge in [-0.25, -0.2) is 0 Å². The van der Waals surface area contributed by atoms with E-state index < -0.39 is 5.60 Å². The van der Waals surface area contributed by atoms with Crippen LogP contribution in [0.25, 0.3) is 0 Å². The van der Waals surface area contributed by atoms with Crippen molar-refractivity contribution in [1.29, 1.82) is 0 Å². The molecule has 0 amide bonds. The number of carbonyl (C=O) groups is 1. The normalized spacial score (nSPS) is 13.9. The van der Waals surface area contributed by atoms with E-state index in [9.17, 15) is 9.90 Å². The summed E-state index contributed by atoms with van der Waals surface area (Å²) in [6.45, 7) is 5.59. The molecule has 0 radical (unpaired) electrons. The first-order valence-electron chi connectivity index (χ1n) is 4.64. The minimum Gasteiger partial charge on any atom is -0.469 e. The molecule has 1 N–H and O–H groups in total. The number of esters is 1. The zero-order chi connectivity index (χ0) is 10.5. The molecule has 0 aromatic heterocycles. The molecule has 0 aliphatic heterocycles. The number of aliphatic hydroxyl groups is 1. The SMILES string of the molecule is COC(=O)CC[C@@H](C)CC(C)(C)O. The molecule has 78 valence electrons. The second-order valence-electron chi connectivity index (χ2n) is 4.24. The van der Waals surface area contributed by atoms with Gasteiger partial charge >= 0.3 is 5.97 Å². The van der Waals surface area contributed by atoms with Gasteiger partial charge in [0.25, 0.3) is 0 Å². The van der Waals surface area contributed by atoms with Crippen LogP contribution in [-0.4, -0.2) is 23.8 Å². The Labute approximate surface area is 80.1 Å². The molecule has 13 heavy (non-hydrogen) atoms. The van der Waals surface area contributed by atoms with Gasteiger partial charge in [0.1, 0.15) is 0 Å². The maximum absolute atomic E-state index is 10.8. The zero-order valence-corrected chi connectivity index (χ0v) is 8.96. The molecule has 0 aliphatic carbocycles. The van der Waals surface area contributed by atoms with Crippen molar-refractivity contribution in [3.63, 3.8) is 0 Å². The van der Waals surface area contributed by atoms with Crippen LogP contribution in [0.3, 0.4) is 0 Å². The summed E-state index contributed by atoms with van der Waals surface area (Å²) < 4.78 is 4.53. The molecule has 0 saturated carbocycles. The number of carbonyl (C=O) groups excluding carboxylic acids is 1. The second kappa shape index (κ2) is 5.22. The average Bonchev–Trinajstić information content (AvgIpc) is 1.97. The molecule has 0 unspecified atom stereocenters. The van der Waals surface area contributed by atoms with Gasteiger partial charge in [-0.05, 0) is 32.6 Å². The summed E-state index contributed by atoms with van der Waals surface area (Å²) >= 11 is 0. The Bertz CT molecular complexity index is 158. The number of hydrogen-bond acceptors (Lipinski definition) is 3. The van der Waals surface area contributed by atoms with E-state index in [1.165, 1.54) is 7.11 Å². The lowest BCUT2D eigenvalue weighted by Crippen LogP contribution is -2.22. The highest BCUT2D eigenvalue weighted by Gasteiger charge is 2.17. The van der Waals surface area contributed by atoms with Gasteiger partial charge in [-0.1, -0.05) is 6.92 Å². The minimum absolute atomic E-state index is 0.178. The molecule has 0 saturated heterocycles. The number of hydrogen-bond donors (Lipinski definition) is 1. The highest BCUT2D eigenvalue weighted by atomic mass is 16.5. The predicted octanol–water partition coefficient (Wildman–Crippen LogP) is 1.74. The van der Waals surface area contributed by atoms with Crippen LogP contribution in [-0.2, 0) is 9.53 Å². The fourth-order valence-electron chi connectivity index (χ4n) is 1.42.